The Hall–Kier alpha value is -1.36. The molecule has 100 valence electrons. The monoisotopic (exact) mass is 250 g/mol. The summed E-state index contributed by atoms with van der Waals surface area (Å²) in [5.74, 6) is 0.194. The van der Waals surface area contributed by atoms with Crippen LogP contribution in [0.4, 0.5) is 0 Å². The first kappa shape index (κ1) is 13.1. The lowest BCUT2D eigenvalue weighted by Crippen LogP contribution is -2.51. The Morgan fingerprint density at radius 1 is 1.50 bits per heavy atom. The summed E-state index contributed by atoms with van der Waals surface area (Å²) in [5.41, 5.74) is 8.28. The molecule has 0 aromatic carbocycles. The molecule has 18 heavy (non-hydrogen) atoms. The van der Waals surface area contributed by atoms with Gasteiger partial charge in [0.2, 0.25) is 5.91 Å². The molecule has 0 saturated carbocycles. The van der Waals surface area contributed by atoms with E-state index in [0.29, 0.717) is 6.42 Å². The van der Waals surface area contributed by atoms with Gasteiger partial charge in [0, 0.05) is 37.3 Å². The van der Waals surface area contributed by atoms with Crippen molar-refractivity contribution >= 4 is 5.91 Å². The molecule has 1 fully saturated rings. The lowest BCUT2D eigenvalue weighted by molar-refractivity contribution is -0.139. The summed E-state index contributed by atoms with van der Waals surface area (Å²) in [5, 5.41) is 4.36. The fourth-order valence-corrected chi connectivity index (χ4v) is 2.84. The van der Waals surface area contributed by atoms with Crippen molar-refractivity contribution in [3.05, 3.63) is 17.5 Å². The molecule has 1 aliphatic heterocycles. The van der Waals surface area contributed by atoms with Gasteiger partial charge in [-0.1, -0.05) is 0 Å². The highest BCUT2D eigenvalue weighted by molar-refractivity contribution is 5.78. The third-order valence-corrected chi connectivity index (χ3v) is 3.61. The van der Waals surface area contributed by atoms with Crippen LogP contribution < -0.4 is 5.73 Å². The second kappa shape index (κ2) is 4.72. The first-order valence-corrected chi connectivity index (χ1v) is 6.48. The molecule has 1 saturated heterocycles. The van der Waals surface area contributed by atoms with Gasteiger partial charge in [0.05, 0.1) is 11.7 Å². The average molecular weight is 250 g/mol. The van der Waals surface area contributed by atoms with Gasteiger partial charge in [-0.05, 0) is 27.2 Å². The zero-order valence-corrected chi connectivity index (χ0v) is 11.6. The van der Waals surface area contributed by atoms with E-state index >= 15 is 0 Å². The van der Waals surface area contributed by atoms with Crippen LogP contribution in [0.5, 0.6) is 0 Å². The van der Waals surface area contributed by atoms with E-state index in [2.05, 4.69) is 5.10 Å². The molecule has 1 aliphatic rings. The first-order chi connectivity index (χ1) is 8.41. The minimum atomic E-state index is -0.0417. The van der Waals surface area contributed by atoms with E-state index in [0.717, 1.165) is 17.7 Å². The van der Waals surface area contributed by atoms with Crippen LogP contribution in [-0.2, 0) is 11.8 Å². The molecule has 0 spiro atoms. The molecule has 0 aliphatic carbocycles. The number of carbonyl (C=O) groups excluding carboxylic acids is 1. The van der Waals surface area contributed by atoms with Crippen molar-refractivity contribution in [2.75, 3.05) is 0 Å². The topological polar surface area (TPSA) is 64.2 Å². The van der Waals surface area contributed by atoms with Gasteiger partial charge in [-0.25, -0.2) is 0 Å². The summed E-state index contributed by atoms with van der Waals surface area (Å²) < 4.78 is 1.79. The Bertz CT molecular complexity index is 452. The number of hydrogen-bond acceptors (Lipinski definition) is 3. The van der Waals surface area contributed by atoms with Gasteiger partial charge >= 0.3 is 0 Å². The average Bonchev–Trinajstić information content (AvgIpc) is 2.60. The van der Waals surface area contributed by atoms with Crippen LogP contribution in [0.15, 0.2) is 6.20 Å². The van der Waals surface area contributed by atoms with Crippen molar-refractivity contribution in [1.82, 2.24) is 14.7 Å². The molecule has 5 heteroatoms. The molecule has 1 amide bonds. The standard InChI is InChI=1S/C13H22N4O/c1-8(2)17-12(18)6-5-11(14)13(17)10-7-16(4)15-9(10)3/h7-8,11,13H,5-6,14H2,1-4H3. The molecule has 0 bridgehead atoms. The number of nitrogens with zero attached hydrogens (tertiary/aromatic N) is 3. The molecule has 2 N–H and O–H groups in total. The predicted molar refractivity (Wildman–Crippen MR) is 69.9 cm³/mol. The normalized spacial score (nSPS) is 25.0. The third-order valence-electron chi connectivity index (χ3n) is 3.61. The van der Waals surface area contributed by atoms with Gasteiger partial charge in [0.1, 0.15) is 0 Å². The highest BCUT2D eigenvalue weighted by Gasteiger charge is 2.37. The number of nitrogens with two attached hydrogens (primary N) is 1. The van der Waals surface area contributed by atoms with Crippen molar-refractivity contribution in [3.8, 4) is 0 Å². The number of carbonyl (C=O) groups is 1. The van der Waals surface area contributed by atoms with E-state index in [-0.39, 0.29) is 24.0 Å². The lowest BCUT2D eigenvalue weighted by atomic mass is 9.90. The van der Waals surface area contributed by atoms with Crippen molar-refractivity contribution in [2.24, 2.45) is 12.8 Å². The quantitative estimate of drug-likeness (QED) is 0.855. The van der Waals surface area contributed by atoms with Gasteiger partial charge < -0.3 is 10.6 Å². The van der Waals surface area contributed by atoms with E-state index in [1.54, 1.807) is 4.68 Å². The van der Waals surface area contributed by atoms with Crippen LogP contribution in [0.3, 0.4) is 0 Å². The Morgan fingerprint density at radius 2 is 2.17 bits per heavy atom. The third kappa shape index (κ3) is 2.14. The van der Waals surface area contributed by atoms with Crippen LogP contribution in [0.1, 0.15) is 44.0 Å². The zero-order chi connectivity index (χ0) is 13.4. The van der Waals surface area contributed by atoms with Gasteiger partial charge in [-0.15, -0.1) is 0 Å². The molecule has 2 atom stereocenters. The van der Waals surface area contributed by atoms with Gasteiger partial charge in [-0.2, -0.15) is 5.10 Å². The molecule has 5 nitrogen and oxygen atoms in total. The van der Waals surface area contributed by atoms with Crippen molar-refractivity contribution in [1.29, 1.82) is 0 Å². The molecule has 1 aromatic heterocycles. The molecular weight excluding hydrogens is 228 g/mol. The summed E-state index contributed by atoms with van der Waals surface area (Å²) in [6.45, 7) is 6.04. The Labute approximate surface area is 108 Å². The highest BCUT2D eigenvalue weighted by atomic mass is 16.2. The lowest BCUT2D eigenvalue weighted by Gasteiger charge is -2.42. The fourth-order valence-electron chi connectivity index (χ4n) is 2.84. The number of likely N-dealkylation sites (tertiary alicyclic amines) is 1. The SMILES string of the molecule is Cc1nn(C)cc1C1C(N)CCC(=O)N1C(C)C. The molecule has 2 heterocycles. The highest BCUT2D eigenvalue weighted by Crippen LogP contribution is 2.33. The maximum absolute atomic E-state index is 12.1. The van der Waals surface area contributed by atoms with Crippen LogP contribution >= 0.6 is 0 Å². The van der Waals surface area contributed by atoms with Gasteiger partial charge in [0.15, 0.2) is 0 Å². The van der Waals surface area contributed by atoms with E-state index in [4.69, 9.17) is 5.73 Å². The molecule has 0 radical (unpaired) electrons. The number of aryl methyl sites for hydroxylation is 2. The Kier molecular flexibility index (Phi) is 3.43. The largest absolute Gasteiger partial charge is 0.332 e. The van der Waals surface area contributed by atoms with Gasteiger partial charge in [-0.3, -0.25) is 9.48 Å². The number of hydrogen-bond donors (Lipinski definition) is 1. The van der Waals surface area contributed by atoms with E-state index in [1.165, 1.54) is 0 Å². The number of rotatable bonds is 2. The van der Waals surface area contributed by atoms with Crippen molar-refractivity contribution in [3.63, 3.8) is 0 Å². The zero-order valence-electron chi connectivity index (χ0n) is 11.6. The van der Waals surface area contributed by atoms with Crippen molar-refractivity contribution < 1.29 is 4.79 Å². The Morgan fingerprint density at radius 3 is 2.67 bits per heavy atom. The molecule has 2 rings (SSSR count). The summed E-state index contributed by atoms with van der Waals surface area (Å²) in [4.78, 5) is 14.0. The maximum atomic E-state index is 12.1. The first-order valence-electron chi connectivity index (χ1n) is 6.48. The number of piperidine rings is 1. The summed E-state index contributed by atoms with van der Waals surface area (Å²) in [6.07, 6.45) is 3.28. The van der Waals surface area contributed by atoms with Crippen LogP contribution in [0, 0.1) is 6.92 Å². The maximum Gasteiger partial charge on any atom is 0.223 e. The fraction of sp³-hybridized carbons (Fsp3) is 0.692. The van der Waals surface area contributed by atoms with Crippen molar-refractivity contribution in [2.45, 2.75) is 51.7 Å². The summed E-state index contributed by atoms with van der Waals surface area (Å²) in [6, 6.07) is 0.112. The minimum absolute atomic E-state index is 0.00648. The Balaban J connectivity index is 2.42. The summed E-state index contributed by atoms with van der Waals surface area (Å²) in [7, 11) is 1.90. The number of aromatic nitrogens is 2. The molecule has 2 unspecified atom stereocenters. The van der Waals surface area contributed by atoms with E-state index in [1.807, 2.05) is 38.9 Å². The summed E-state index contributed by atoms with van der Waals surface area (Å²) >= 11 is 0. The van der Waals surface area contributed by atoms with Crippen LogP contribution in [0.25, 0.3) is 0 Å². The van der Waals surface area contributed by atoms with Crippen LogP contribution in [-0.4, -0.2) is 32.7 Å². The molecular formula is C13H22N4O. The van der Waals surface area contributed by atoms with E-state index in [9.17, 15) is 4.79 Å². The predicted octanol–water partition coefficient (Wildman–Crippen LogP) is 1.13. The minimum Gasteiger partial charge on any atom is -0.332 e. The van der Waals surface area contributed by atoms with E-state index < -0.39 is 0 Å². The molecule has 1 aromatic rings. The second-order valence-corrected chi connectivity index (χ2v) is 5.39. The number of amides is 1. The second-order valence-electron chi connectivity index (χ2n) is 5.39. The smallest absolute Gasteiger partial charge is 0.223 e. The van der Waals surface area contributed by atoms with Gasteiger partial charge in [0.25, 0.3) is 0 Å². The van der Waals surface area contributed by atoms with Crippen LogP contribution in [0.2, 0.25) is 0 Å².